The average Bonchev–Trinajstić information content (AvgIpc) is 2.46. The van der Waals surface area contributed by atoms with Crippen molar-refractivity contribution in [2.24, 2.45) is 11.8 Å². The zero-order valence-corrected chi connectivity index (χ0v) is 13.8. The van der Waals surface area contributed by atoms with Crippen molar-refractivity contribution in [3.8, 4) is 0 Å². The maximum Gasteiger partial charge on any atom is 0.222 e. The van der Waals surface area contributed by atoms with Crippen LogP contribution in [0, 0.1) is 11.8 Å². The molecular formula is C16H30N2O3. The third-order valence-corrected chi connectivity index (χ3v) is 4.13. The molecule has 122 valence electrons. The van der Waals surface area contributed by atoms with Gasteiger partial charge in [-0.05, 0) is 19.3 Å². The molecule has 1 heterocycles. The highest BCUT2D eigenvalue weighted by Crippen LogP contribution is 2.23. The number of aliphatic hydroxyl groups excluding tert-OH is 1. The largest absolute Gasteiger partial charge is 0.393 e. The van der Waals surface area contributed by atoms with Crippen LogP contribution < -0.4 is 5.32 Å². The van der Waals surface area contributed by atoms with Gasteiger partial charge in [0.1, 0.15) is 0 Å². The number of hydrogen-bond donors (Lipinski definition) is 2. The highest BCUT2D eigenvalue weighted by Gasteiger charge is 2.33. The smallest absolute Gasteiger partial charge is 0.222 e. The molecule has 1 saturated heterocycles. The Morgan fingerprint density at radius 1 is 1.29 bits per heavy atom. The molecule has 3 unspecified atom stereocenters. The van der Waals surface area contributed by atoms with E-state index in [9.17, 15) is 14.7 Å². The van der Waals surface area contributed by atoms with Crippen LogP contribution in [0.15, 0.2) is 0 Å². The van der Waals surface area contributed by atoms with E-state index in [1.165, 1.54) is 0 Å². The first-order valence-electron chi connectivity index (χ1n) is 8.15. The molecule has 0 spiro atoms. The van der Waals surface area contributed by atoms with E-state index in [0.29, 0.717) is 25.9 Å². The summed E-state index contributed by atoms with van der Waals surface area (Å²) in [4.78, 5) is 25.8. The second-order valence-electron chi connectivity index (χ2n) is 6.38. The number of nitrogens with one attached hydrogen (secondary N) is 1. The van der Waals surface area contributed by atoms with E-state index in [4.69, 9.17) is 0 Å². The van der Waals surface area contributed by atoms with Crippen molar-refractivity contribution in [1.29, 1.82) is 0 Å². The Morgan fingerprint density at radius 3 is 2.48 bits per heavy atom. The van der Waals surface area contributed by atoms with Crippen LogP contribution in [0.2, 0.25) is 0 Å². The molecule has 0 aromatic carbocycles. The fourth-order valence-electron chi connectivity index (χ4n) is 2.80. The molecule has 0 bridgehead atoms. The van der Waals surface area contributed by atoms with Crippen molar-refractivity contribution in [2.75, 3.05) is 13.1 Å². The number of carbonyl (C=O) groups is 2. The summed E-state index contributed by atoms with van der Waals surface area (Å²) < 4.78 is 0. The van der Waals surface area contributed by atoms with Gasteiger partial charge in [0, 0.05) is 37.4 Å². The van der Waals surface area contributed by atoms with Crippen LogP contribution in [0.5, 0.6) is 0 Å². The summed E-state index contributed by atoms with van der Waals surface area (Å²) in [6.45, 7) is 8.80. The predicted octanol–water partition coefficient (Wildman–Crippen LogP) is 1.55. The third kappa shape index (κ3) is 5.30. The number of nitrogens with zero attached hydrogens (tertiary/aromatic N) is 1. The molecule has 0 aliphatic carbocycles. The first kappa shape index (κ1) is 18.0. The predicted molar refractivity (Wildman–Crippen MR) is 82.7 cm³/mol. The van der Waals surface area contributed by atoms with Gasteiger partial charge in [-0.15, -0.1) is 0 Å². The quantitative estimate of drug-likeness (QED) is 0.781. The second-order valence-corrected chi connectivity index (χ2v) is 6.38. The normalized spacial score (nSPS) is 24.0. The van der Waals surface area contributed by atoms with E-state index in [0.717, 1.165) is 12.8 Å². The lowest BCUT2D eigenvalue weighted by molar-refractivity contribution is -0.136. The van der Waals surface area contributed by atoms with Gasteiger partial charge in [0.25, 0.3) is 0 Å². The fraction of sp³-hybridized carbons (Fsp3) is 0.875. The summed E-state index contributed by atoms with van der Waals surface area (Å²) in [6, 6.07) is -0.0549. The highest BCUT2D eigenvalue weighted by atomic mass is 16.3. The SMILES string of the molecule is CCCC(=O)N1CC(NC(=O)C(C)C)CC(C(O)CC)C1. The van der Waals surface area contributed by atoms with Crippen LogP contribution >= 0.6 is 0 Å². The molecule has 0 aromatic rings. The standard InChI is InChI=1S/C16H30N2O3/c1-5-7-15(20)18-9-12(14(19)6-2)8-13(10-18)17-16(21)11(3)4/h11-14,19H,5-10H2,1-4H3,(H,17,21). The van der Waals surface area contributed by atoms with E-state index < -0.39 is 6.10 Å². The lowest BCUT2D eigenvalue weighted by Gasteiger charge is -2.40. The Hall–Kier alpha value is -1.10. The fourth-order valence-corrected chi connectivity index (χ4v) is 2.80. The van der Waals surface area contributed by atoms with E-state index in [1.807, 2.05) is 32.6 Å². The maximum atomic E-state index is 12.2. The molecule has 21 heavy (non-hydrogen) atoms. The van der Waals surface area contributed by atoms with Gasteiger partial charge in [-0.1, -0.05) is 27.7 Å². The van der Waals surface area contributed by atoms with Gasteiger partial charge in [0.2, 0.25) is 11.8 Å². The number of carbonyl (C=O) groups excluding carboxylic acids is 2. The van der Waals surface area contributed by atoms with Crippen LogP contribution in [0.3, 0.4) is 0 Å². The van der Waals surface area contributed by atoms with E-state index in [1.54, 1.807) is 0 Å². The third-order valence-electron chi connectivity index (χ3n) is 4.13. The van der Waals surface area contributed by atoms with Crippen molar-refractivity contribution in [3.05, 3.63) is 0 Å². The van der Waals surface area contributed by atoms with Crippen LogP contribution in [-0.4, -0.2) is 47.1 Å². The minimum Gasteiger partial charge on any atom is -0.393 e. The van der Waals surface area contributed by atoms with Crippen molar-refractivity contribution < 1.29 is 14.7 Å². The molecule has 0 radical (unpaired) electrons. The zero-order valence-electron chi connectivity index (χ0n) is 13.8. The molecule has 5 nitrogen and oxygen atoms in total. The molecule has 5 heteroatoms. The first-order valence-corrected chi connectivity index (χ1v) is 8.15. The maximum absolute atomic E-state index is 12.2. The summed E-state index contributed by atoms with van der Waals surface area (Å²) in [5.41, 5.74) is 0. The number of piperidine rings is 1. The number of aliphatic hydroxyl groups is 1. The van der Waals surface area contributed by atoms with E-state index in [-0.39, 0.29) is 29.7 Å². The molecule has 3 atom stereocenters. The number of rotatable bonds is 6. The van der Waals surface area contributed by atoms with E-state index >= 15 is 0 Å². The molecule has 2 amide bonds. The molecule has 1 rings (SSSR count). The Morgan fingerprint density at radius 2 is 1.95 bits per heavy atom. The molecule has 1 aliphatic rings. The van der Waals surface area contributed by atoms with Gasteiger partial charge in [0.05, 0.1) is 6.10 Å². The summed E-state index contributed by atoms with van der Waals surface area (Å²) in [6.07, 6.45) is 2.34. The van der Waals surface area contributed by atoms with Gasteiger partial charge in [0.15, 0.2) is 0 Å². The minimum absolute atomic E-state index is 0.00882. The van der Waals surface area contributed by atoms with E-state index in [2.05, 4.69) is 5.32 Å². The molecule has 1 fully saturated rings. The molecule has 0 aromatic heterocycles. The van der Waals surface area contributed by atoms with Crippen molar-refractivity contribution in [3.63, 3.8) is 0 Å². The van der Waals surface area contributed by atoms with Crippen LogP contribution in [0.25, 0.3) is 0 Å². The van der Waals surface area contributed by atoms with Gasteiger partial charge in [-0.2, -0.15) is 0 Å². The minimum atomic E-state index is -0.416. The van der Waals surface area contributed by atoms with Crippen LogP contribution in [0.1, 0.15) is 53.4 Å². The number of hydrogen-bond acceptors (Lipinski definition) is 3. The van der Waals surface area contributed by atoms with Gasteiger partial charge in [-0.3, -0.25) is 9.59 Å². The summed E-state index contributed by atoms with van der Waals surface area (Å²) in [5.74, 6) is 0.104. The second kappa shape index (κ2) is 8.37. The van der Waals surface area contributed by atoms with Gasteiger partial charge >= 0.3 is 0 Å². The Bertz CT molecular complexity index is 357. The zero-order chi connectivity index (χ0) is 16.0. The Balaban J connectivity index is 2.74. The summed E-state index contributed by atoms with van der Waals surface area (Å²) in [5, 5.41) is 13.1. The molecular weight excluding hydrogens is 268 g/mol. The Labute approximate surface area is 128 Å². The lowest BCUT2D eigenvalue weighted by atomic mass is 9.88. The number of amides is 2. The summed E-state index contributed by atoms with van der Waals surface area (Å²) in [7, 11) is 0. The summed E-state index contributed by atoms with van der Waals surface area (Å²) >= 11 is 0. The van der Waals surface area contributed by atoms with Gasteiger partial charge in [-0.25, -0.2) is 0 Å². The van der Waals surface area contributed by atoms with Crippen molar-refractivity contribution in [1.82, 2.24) is 10.2 Å². The van der Waals surface area contributed by atoms with Crippen molar-refractivity contribution >= 4 is 11.8 Å². The lowest BCUT2D eigenvalue weighted by Crippen LogP contribution is -2.55. The number of likely N-dealkylation sites (tertiary alicyclic amines) is 1. The highest BCUT2D eigenvalue weighted by molar-refractivity contribution is 5.79. The van der Waals surface area contributed by atoms with Crippen LogP contribution in [-0.2, 0) is 9.59 Å². The Kier molecular flexibility index (Phi) is 7.15. The molecule has 1 aliphatic heterocycles. The van der Waals surface area contributed by atoms with Gasteiger partial charge < -0.3 is 15.3 Å². The van der Waals surface area contributed by atoms with Crippen LogP contribution in [0.4, 0.5) is 0 Å². The molecule has 0 saturated carbocycles. The average molecular weight is 298 g/mol. The molecule has 2 N–H and O–H groups in total. The monoisotopic (exact) mass is 298 g/mol. The first-order chi connectivity index (χ1) is 9.88. The van der Waals surface area contributed by atoms with Crippen molar-refractivity contribution in [2.45, 2.75) is 65.5 Å². The topological polar surface area (TPSA) is 69.6 Å².